The molecular weight excluding hydrogens is 154 g/mol. The van der Waals surface area contributed by atoms with Crippen molar-refractivity contribution < 1.29 is 4.79 Å². The highest BCUT2D eigenvalue weighted by Gasteiger charge is 2.30. The van der Waals surface area contributed by atoms with Gasteiger partial charge in [-0.05, 0) is 25.9 Å². The molecule has 1 saturated heterocycles. The van der Waals surface area contributed by atoms with Crippen molar-refractivity contribution >= 4 is 5.91 Å². The number of carbonyl (C=O) groups is 1. The number of nitrogens with zero attached hydrogens (tertiary/aromatic N) is 1. The number of hydrogen-bond donors (Lipinski definition) is 2. The zero-order valence-corrected chi connectivity index (χ0v) is 7.49. The Morgan fingerprint density at radius 3 is 2.75 bits per heavy atom. The highest BCUT2D eigenvalue weighted by atomic mass is 16.1. The fourth-order valence-electron chi connectivity index (χ4n) is 1.84. The van der Waals surface area contributed by atoms with Gasteiger partial charge in [0.2, 0.25) is 5.91 Å². The summed E-state index contributed by atoms with van der Waals surface area (Å²) in [5.41, 5.74) is 10.7. The third kappa shape index (κ3) is 1.95. The van der Waals surface area contributed by atoms with E-state index >= 15 is 0 Å². The lowest BCUT2D eigenvalue weighted by Gasteiger charge is -2.17. The van der Waals surface area contributed by atoms with E-state index in [4.69, 9.17) is 11.5 Å². The fourth-order valence-corrected chi connectivity index (χ4v) is 1.84. The van der Waals surface area contributed by atoms with Gasteiger partial charge in [0.05, 0.1) is 5.92 Å². The summed E-state index contributed by atoms with van der Waals surface area (Å²) < 4.78 is 0. The topological polar surface area (TPSA) is 72.3 Å². The van der Waals surface area contributed by atoms with Crippen molar-refractivity contribution in [3.8, 4) is 0 Å². The number of carbonyl (C=O) groups excluding carboxylic acids is 1. The van der Waals surface area contributed by atoms with Crippen molar-refractivity contribution in [1.29, 1.82) is 0 Å². The normalized spacial score (nSPS) is 27.3. The molecule has 4 heteroatoms. The molecule has 1 rings (SSSR count). The van der Waals surface area contributed by atoms with Gasteiger partial charge in [0.15, 0.2) is 0 Å². The van der Waals surface area contributed by atoms with Crippen LogP contribution in [0, 0.1) is 11.8 Å². The van der Waals surface area contributed by atoms with Crippen LogP contribution in [0.1, 0.15) is 6.42 Å². The first-order chi connectivity index (χ1) is 5.65. The molecule has 2 unspecified atom stereocenters. The van der Waals surface area contributed by atoms with Crippen LogP contribution in [0.15, 0.2) is 0 Å². The largest absolute Gasteiger partial charge is 0.369 e. The second kappa shape index (κ2) is 3.87. The van der Waals surface area contributed by atoms with E-state index in [0.717, 1.165) is 19.5 Å². The second-order valence-corrected chi connectivity index (χ2v) is 3.56. The first kappa shape index (κ1) is 9.48. The Morgan fingerprint density at radius 1 is 1.75 bits per heavy atom. The van der Waals surface area contributed by atoms with E-state index in [-0.39, 0.29) is 11.8 Å². The second-order valence-electron chi connectivity index (χ2n) is 3.56. The molecule has 4 N–H and O–H groups in total. The van der Waals surface area contributed by atoms with Crippen LogP contribution in [0.5, 0.6) is 0 Å². The summed E-state index contributed by atoms with van der Waals surface area (Å²) in [6.07, 6.45) is 1.04. The van der Waals surface area contributed by atoms with Gasteiger partial charge in [0.25, 0.3) is 0 Å². The smallest absolute Gasteiger partial charge is 0.222 e. The molecule has 12 heavy (non-hydrogen) atoms. The number of rotatable bonds is 3. The summed E-state index contributed by atoms with van der Waals surface area (Å²) in [6.45, 7) is 2.38. The molecule has 1 aliphatic rings. The molecule has 0 aromatic carbocycles. The summed E-state index contributed by atoms with van der Waals surface area (Å²) in [4.78, 5) is 13.2. The molecule has 70 valence electrons. The van der Waals surface area contributed by atoms with Gasteiger partial charge in [-0.25, -0.2) is 0 Å². The molecule has 0 radical (unpaired) electrons. The molecular formula is C8H17N3O. The maximum absolute atomic E-state index is 10.9. The predicted octanol–water partition coefficient (Wildman–Crippen LogP) is -1.00. The molecule has 1 aliphatic heterocycles. The first-order valence-corrected chi connectivity index (χ1v) is 4.33. The van der Waals surface area contributed by atoms with Crippen LogP contribution >= 0.6 is 0 Å². The maximum atomic E-state index is 10.9. The average Bonchev–Trinajstić information content (AvgIpc) is 2.37. The van der Waals surface area contributed by atoms with Gasteiger partial charge < -0.3 is 16.4 Å². The summed E-state index contributed by atoms with van der Waals surface area (Å²) in [7, 11) is 2.05. The lowest BCUT2D eigenvalue weighted by atomic mass is 9.91. The van der Waals surface area contributed by atoms with Crippen LogP contribution < -0.4 is 11.5 Å². The zero-order chi connectivity index (χ0) is 9.14. The summed E-state index contributed by atoms with van der Waals surface area (Å²) in [6, 6.07) is 0. The summed E-state index contributed by atoms with van der Waals surface area (Å²) in [5, 5.41) is 0. The van der Waals surface area contributed by atoms with Gasteiger partial charge in [0.1, 0.15) is 0 Å². The molecule has 0 aromatic rings. The van der Waals surface area contributed by atoms with Crippen LogP contribution in [-0.4, -0.2) is 37.5 Å². The van der Waals surface area contributed by atoms with Gasteiger partial charge in [-0.3, -0.25) is 4.79 Å². The van der Waals surface area contributed by atoms with E-state index in [9.17, 15) is 4.79 Å². The molecule has 2 atom stereocenters. The summed E-state index contributed by atoms with van der Waals surface area (Å²) >= 11 is 0. The van der Waals surface area contributed by atoms with E-state index in [0.29, 0.717) is 12.5 Å². The highest BCUT2D eigenvalue weighted by molar-refractivity contribution is 5.77. The minimum Gasteiger partial charge on any atom is -0.369 e. The van der Waals surface area contributed by atoms with E-state index in [2.05, 4.69) is 11.9 Å². The summed E-state index contributed by atoms with van der Waals surface area (Å²) in [5.74, 6) is -0.00903. The molecule has 1 heterocycles. The first-order valence-electron chi connectivity index (χ1n) is 4.33. The number of likely N-dealkylation sites (tertiary alicyclic amines) is 1. The van der Waals surface area contributed by atoms with Crippen LogP contribution in [0.2, 0.25) is 0 Å². The molecule has 1 amide bonds. The molecule has 0 bridgehead atoms. The Balaban J connectivity index is 2.49. The monoisotopic (exact) mass is 171 g/mol. The molecule has 0 saturated carbocycles. The van der Waals surface area contributed by atoms with Crippen LogP contribution in [0.4, 0.5) is 0 Å². The minimum atomic E-state index is -0.252. The van der Waals surface area contributed by atoms with Crippen molar-refractivity contribution in [2.75, 3.05) is 26.7 Å². The molecule has 1 fully saturated rings. The molecule has 4 nitrogen and oxygen atoms in total. The SMILES string of the molecule is CN1CCC(C(CN)C(N)=O)C1. The van der Waals surface area contributed by atoms with Gasteiger partial charge >= 0.3 is 0 Å². The molecule has 0 aromatic heterocycles. The Morgan fingerprint density at radius 2 is 2.42 bits per heavy atom. The molecule has 0 spiro atoms. The minimum absolute atomic E-state index is 0.130. The molecule has 0 aliphatic carbocycles. The van der Waals surface area contributed by atoms with Gasteiger partial charge in [-0.2, -0.15) is 0 Å². The zero-order valence-electron chi connectivity index (χ0n) is 7.49. The number of amides is 1. The Hall–Kier alpha value is -0.610. The fraction of sp³-hybridized carbons (Fsp3) is 0.875. The van der Waals surface area contributed by atoms with Crippen molar-refractivity contribution in [1.82, 2.24) is 4.90 Å². The Labute approximate surface area is 72.9 Å². The number of primary amides is 1. The van der Waals surface area contributed by atoms with Crippen LogP contribution in [0.3, 0.4) is 0 Å². The Kier molecular flexibility index (Phi) is 3.05. The number of hydrogen-bond acceptors (Lipinski definition) is 3. The van der Waals surface area contributed by atoms with E-state index in [1.54, 1.807) is 0 Å². The van der Waals surface area contributed by atoms with Crippen LogP contribution in [0.25, 0.3) is 0 Å². The van der Waals surface area contributed by atoms with E-state index in [1.165, 1.54) is 0 Å². The van der Waals surface area contributed by atoms with Gasteiger partial charge in [-0.1, -0.05) is 0 Å². The Bertz CT molecular complexity index is 172. The van der Waals surface area contributed by atoms with Crippen molar-refractivity contribution in [2.45, 2.75) is 6.42 Å². The number of nitrogens with two attached hydrogens (primary N) is 2. The van der Waals surface area contributed by atoms with Gasteiger partial charge in [0, 0.05) is 13.1 Å². The lowest BCUT2D eigenvalue weighted by Crippen LogP contribution is -2.36. The third-order valence-electron chi connectivity index (χ3n) is 2.62. The van der Waals surface area contributed by atoms with Crippen molar-refractivity contribution in [2.24, 2.45) is 23.3 Å². The third-order valence-corrected chi connectivity index (χ3v) is 2.62. The van der Waals surface area contributed by atoms with Crippen LogP contribution in [-0.2, 0) is 4.79 Å². The van der Waals surface area contributed by atoms with Crippen molar-refractivity contribution in [3.63, 3.8) is 0 Å². The quantitative estimate of drug-likeness (QED) is 0.572. The predicted molar refractivity (Wildman–Crippen MR) is 47.3 cm³/mol. The van der Waals surface area contributed by atoms with E-state index < -0.39 is 0 Å². The van der Waals surface area contributed by atoms with E-state index in [1.807, 2.05) is 0 Å². The standard InChI is InChI=1S/C8H17N3O/c1-11-3-2-6(5-11)7(4-9)8(10)12/h6-7H,2-5,9H2,1H3,(H2,10,12). The van der Waals surface area contributed by atoms with Gasteiger partial charge in [-0.15, -0.1) is 0 Å². The average molecular weight is 171 g/mol. The van der Waals surface area contributed by atoms with Crippen molar-refractivity contribution in [3.05, 3.63) is 0 Å². The maximum Gasteiger partial charge on any atom is 0.222 e. The lowest BCUT2D eigenvalue weighted by molar-refractivity contribution is -0.122. The highest BCUT2D eigenvalue weighted by Crippen LogP contribution is 2.22.